The first-order valence-electron chi connectivity index (χ1n) is 9.40. The number of nitrogens with zero attached hydrogens (tertiary/aromatic N) is 3. The van der Waals surface area contributed by atoms with E-state index in [1.54, 1.807) is 30.3 Å². The average molecular weight is 507 g/mol. The molecule has 0 radical (unpaired) electrons. The molecule has 1 aliphatic heterocycles. The zero-order chi connectivity index (χ0) is 24.1. The van der Waals surface area contributed by atoms with Crippen molar-refractivity contribution in [3.05, 3.63) is 78.2 Å². The highest BCUT2D eigenvalue weighted by molar-refractivity contribution is 8.26. The largest absolute Gasteiger partial charge is 0.320 e. The van der Waals surface area contributed by atoms with Crippen LogP contribution in [0, 0.1) is 20.2 Å². The third-order valence-corrected chi connectivity index (χ3v) is 6.24. The van der Waals surface area contributed by atoms with E-state index in [0.29, 0.717) is 19.8 Å². The predicted octanol–water partition coefficient (Wildman–Crippen LogP) is 4.78. The van der Waals surface area contributed by atoms with Crippen LogP contribution in [0.25, 0.3) is 6.08 Å². The molecule has 1 aliphatic rings. The Bertz CT molecular complexity index is 1200. The van der Waals surface area contributed by atoms with E-state index in [1.165, 1.54) is 4.90 Å². The Morgan fingerprint density at radius 3 is 2.58 bits per heavy atom. The first kappa shape index (κ1) is 24.3. The van der Waals surface area contributed by atoms with Crippen molar-refractivity contribution in [2.45, 2.75) is 12.8 Å². The van der Waals surface area contributed by atoms with Gasteiger partial charge in [-0.3, -0.25) is 34.7 Å². The summed E-state index contributed by atoms with van der Waals surface area (Å²) in [5.41, 5.74) is -0.509. The van der Waals surface area contributed by atoms with Crippen LogP contribution in [0.4, 0.5) is 17.1 Å². The summed E-state index contributed by atoms with van der Waals surface area (Å²) in [5, 5.41) is 24.9. The molecule has 10 nitrogen and oxygen atoms in total. The molecule has 3 rings (SSSR count). The number of hydrogen-bond acceptors (Lipinski definition) is 8. The molecule has 1 heterocycles. The molecular formula is C20H15ClN4O6S2. The van der Waals surface area contributed by atoms with E-state index in [0.717, 1.165) is 30.0 Å². The summed E-state index contributed by atoms with van der Waals surface area (Å²) in [6, 6.07) is 10.0. The topological polar surface area (TPSA) is 136 Å². The molecule has 2 aromatic carbocycles. The minimum absolute atomic E-state index is 0.0469. The number of halogens is 1. The molecule has 0 atom stereocenters. The molecule has 13 heteroatoms. The molecule has 170 valence electrons. The lowest BCUT2D eigenvalue weighted by Gasteiger charge is -2.14. The van der Waals surface area contributed by atoms with Crippen LogP contribution in [0.3, 0.4) is 0 Å². The lowest BCUT2D eigenvalue weighted by atomic mass is 10.2. The van der Waals surface area contributed by atoms with Crippen molar-refractivity contribution in [3.8, 4) is 0 Å². The summed E-state index contributed by atoms with van der Waals surface area (Å²) < 4.78 is 0.352. The van der Waals surface area contributed by atoms with Crippen LogP contribution >= 0.6 is 35.6 Å². The van der Waals surface area contributed by atoms with Gasteiger partial charge >= 0.3 is 0 Å². The molecule has 33 heavy (non-hydrogen) atoms. The molecule has 0 unspecified atom stereocenters. The maximum Gasteiger partial charge on any atom is 0.299 e. The van der Waals surface area contributed by atoms with E-state index >= 15 is 0 Å². The normalized spacial score (nSPS) is 14.6. The van der Waals surface area contributed by atoms with Gasteiger partial charge in [-0.25, -0.2) is 0 Å². The van der Waals surface area contributed by atoms with Gasteiger partial charge < -0.3 is 5.32 Å². The lowest BCUT2D eigenvalue weighted by molar-refractivity contribution is -0.393. The fraction of sp³-hybridized carbons (Fsp3) is 0.150. The highest BCUT2D eigenvalue weighted by atomic mass is 35.5. The summed E-state index contributed by atoms with van der Waals surface area (Å²) in [5.74, 6) is -0.833. The molecule has 1 saturated heterocycles. The molecule has 0 spiro atoms. The minimum Gasteiger partial charge on any atom is -0.320 e. The van der Waals surface area contributed by atoms with Gasteiger partial charge in [0, 0.05) is 24.1 Å². The molecule has 2 amide bonds. The monoisotopic (exact) mass is 506 g/mol. The molecule has 2 aromatic rings. The fourth-order valence-electron chi connectivity index (χ4n) is 2.93. The maximum atomic E-state index is 12.7. The van der Waals surface area contributed by atoms with Crippen molar-refractivity contribution < 1.29 is 19.4 Å². The highest BCUT2D eigenvalue weighted by Gasteiger charge is 2.32. The first-order chi connectivity index (χ1) is 15.7. The van der Waals surface area contributed by atoms with E-state index in [4.69, 9.17) is 23.8 Å². The molecule has 1 fully saturated rings. The standard InChI is InChI=1S/C20H15ClN4O6S2/c21-14-5-2-1-4-12(14)10-17-19(27)23(20(32)33-17)9-3-6-18(26)22-15-8-7-13(24(28)29)11-16(15)25(30)31/h1-2,4-5,7-8,10-11H,3,6,9H2,(H,22,26)/b17-10-. The number of hydrogen-bond donors (Lipinski definition) is 1. The number of anilines is 1. The van der Waals surface area contributed by atoms with Gasteiger partial charge in [0.25, 0.3) is 17.3 Å². The predicted molar refractivity (Wildman–Crippen MR) is 129 cm³/mol. The van der Waals surface area contributed by atoms with E-state index in [-0.39, 0.29) is 31.0 Å². The van der Waals surface area contributed by atoms with Gasteiger partial charge in [0.05, 0.1) is 20.8 Å². The SMILES string of the molecule is O=C(CCCN1C(=O)/C(=C/c2ccccc2Cl)SC1=S)Nc1ccc([N+](=O)[O-])cc1[N+](=O)[O-]. The molecule has 1 N–H and O–H groups in total. The Morgan fingerprint density at radius 2 is 1.91 bits per heavy atom. The van der Waals surface area contributed by atoms with Crippen LogP contribution in [0.2, 0.25) is 5.02 Å². The van der Waals surface area contributed by atoms with Gasteiger partial charge in [0.15, 0.2) is 0 Å². The van der Waals surface area contributed by atoms with Crippen molar-refractivity contribution in [1.82, 2.24) is 4.90 Å². The maximum absolute atomic E-state index is 12.7. The molecule has 0 aliphatic carbocycles. The summed E-state index contributed by atoms with van der Waals surface area (Å²) in [4.78, 5) is 47.1. The van der Waals surface area contributed by atoms with Crippen molar-refractivity contribution in [2.24, 2.45) is 0 Å². The van der Waals surface area contributed by atoms with Crippen molar-refractivity contribution >= 4 is 74.9 Å². The highest BCUT2D eigenvalue weighted by Crippen LogP contribution is 2.34. The Balaban J connectivity index is 1.59. The number of thiocarbonyl (C=S) groups is 1. The third kappa shape index (κ3) is 5.92. The number of amides is 2. The van der Waals surface area contributed by atoms with E-state index < -0.39 is 27.1 Å². The summed E-state index contributed by atoms with van der Waals surface area (Å²) in [7, 11) is 0. The second-order valence-corrected chi connectivity index (χ2v) is 8.81. The lowest BCUT2D eigenvalue weighted by Crippen LogP contribution is -2.29. The van der Waals surface area contributed by atoms with E-state index in [2.05, 4.69) is 5.32 Å². The van der Waals surface area contributed by atoms with Crippen molar-refractivity contribution in [2.75, 3.05) is 11.9 Å². The summed E-state index contributed by atoms with van der Waals surface area (Å²) >= 11 is 12.5. The van der Waals surface area contributed by atoms with E-state index in [1.807, 2.05) is 0 Å². The van der Waals surface area contributed by atoms with Crippen LogP contribution < -0.4 is 5.32 Å². The second kappa shape index (κ2) is 10.5. The van der Waals surface area contributed by atoms with Gasteiger partial charge in [-0.1, -0.05) is 53.8 Å². The molecule has 0 aromatic heterocycles. The number of benzene rings is 2. The molecule has 0 saturated carbocycles. The Kier molecular flexibility index (Phi) is 7.74. The van der Waals surface area contributed by atoms with E-state index in [9.17, 15) is 29.8 Å². The van der Waals surface area contributed by atoms with Crippen LogP contribution in [0.1, 0.15) is 18.4 Å². The van der Waals surface area contributed by atoms with Crippen LogP contribution in [0.5, 0.6) is 0 Å². The van der Waals surface area contributed by atoms with Crippen LogP contribution in [0.15, 0.2) is 47.4 Å². The smallest absolute Gasteiger partial charge is 0.299 e. The summed E-state index contributed by atoms with van der Waals surface area (Å²) in [6.07, 6.45) is 1.86. The van der Waals surface area contributed by atoms with Gasteiger partial charge in [-0.05, 0) is 30.2 Å². The van der Waals surface area contributed by atoms with Crippen molar-refractivity contribution in [3.63, 3.8) is 0 Å². The molecular weight excluding hydrogens is 492 g/mol. The number of nitro groups is 2. The van der Waals surface area contributed by atoms with Gasteiger partial charge in [-0.2, -0.15) is 0 Å². The van der Waals surface area contributed by atoms with Crippen LogP contribution in [-0.4, -0.2) is 37.4 Å². The quantitative estimate of drug-likeness (QED) is 0.234. The number of nitrogens with one attached hydrogen (secondary N) is 1. The average Bonchev–Trinajstić information content (AvgIpc) is 3.02. The number of thioether (sulfide) groups is 1. The van der Waals surface area contributed by atoms with Gasteiger partial charge in [0.1, 0.15) is 10.0 Å². The Labute approximate surface area is 201 Å². The molecule has 0 bridgehead atoms. The zero-order valence-electron chi connectivity index (χ0n) is 16.7. The van der Waals surface area contributed by atoms with Crippen LogP contribution in [-0.2, 0) is 9.59 Å². The zero-order valence-corrected chi connectivity index (χ0v) is 19.1. The van der Waals surface area contributed by atoms with Crippen molar-refractivity contribution in [1.29, 1.82) is 0 Å². The number of rotatable bonds is 8. The minimum atomic E-state index is -0.811. The van der Waals surface area contributed by atoms with Gasteiger partial charge in [-0.15, -0.1) is 0 Å². The summed E-state index contributed by atoms with van der Waals surface area (Å²) in [6.45, 7) is 0.181. The number of nitro benzene ring substituents is 2. The second-order valence-electron chi connectivity index (χ2n) is 6.72. The van der Waals surface area contributed by atoms with Gasteiger partial charge in [0.2, 0.25) is 5.91 Å². The first-order valence-corrected chi connectivity index (χ1v) is 11.0. The Morgan fingerprint density at radius 1 is 1.18 bits per heavy atom. The third-order valence-electron chi connectivity index (χ3n) is 4.51. The number of carbonyl (C=O) groups excluding carboxylic acids is 2. The fourth-order valence-corrected chi connectivity index (χ4v) is 4.42. The number of carbonyl (C=O) groups is 2. The Hall–Kier alpha value is -3.35. The number of non-ortho nitro benzene ring substituents is 1.